The summed E-state index contributed by atoms with van der Waals surface area (Å²) < 4.78 is 6.46. The fourth-order valence-electron chi connectivity index (χ4n) is 1.61. The van der Waals surface area contributed by atoms with Crippen molar-refractivity contribution in [2.45, 2.75) is 20.0 Å². The van der Waals surface area contributed by atoms with Gasteiger partial charge in [0, 0.05) is 6.20 Å². The molecule has 0 aliphatic heterocycles. The van der Waals surface area contributed by atoms with Crippen molar-refractivity contribution in [3.05, 3.63) is 52.8 Å². The molecule has 0 radical (unpaired) electrons. The van der Waals surface area contributed by atoms with Crippen molar-refractivity contribution in [2.24, 2.45) is 0 Å². The van der Waals surface area contributed by atoms with Crippen molar-refractivity contribution in [1.82, 2.24) is 4.98 Å². The van der Waals surface area contributed by atoms with E-state index in [1.165, 1.54) is 0 Å². The summed E-state index contributed by atoms with van der Waals surface area (Å²) in [7, 11) is 0. The first kappa shape index (κ1) is 14.5. The van der Waals surface area contributed by atoms with Gasteiger partial charge in [0.05, 0.1) is 16.4 Å². The molecule has 5 heteroatoms. The van der Waals surface area contributed by atoms with Gasteiger partial charge in [-0.1, -0.05) is 12.1 Å². The largest absolute Gasteiger partial charge is 0.480 e. The molecular weight excluding hydrogens is 320 g/mol. The number of amides is 1. The molecule has 2 rings (SSSR count). The highest BCUT2D eigenvalue weighted by Crippen LogP contribution is 2.25. The number of nitrogens with one attached hydrogen (secondary N) is 1. The smallest absolute Gasteiger partial charge is 0.265 e. The van der Waals surface area contributed by atoms with Crippen LogP contribution in [0.3, 0.4) is 0 Å². The Morgan fingerprint density at radius 2 is 2.10 bits per heavy atom. The summed E-state index contributed by atoms with van der Waals surface area (Å²) in [6.07, 6.45) is 2.71. The number of carbonyl (C=O) groups excluding carboxylic acids is 1. The molecule has 0 saturated heterocycles. The van der Waals surface area contributed by atoms with Crippen LogP contribution in [0.15, 0.2) is 47.2 Å². The first-order valence-corrected chi connectivity index (χ1v) is 7.00. The van der Waals surface area contributed by atoms with Crippen LogP contribution < -0.4 is 10.1 Å². The van der Waals surface area contributed by atoms with Gasteiger partial charge in [-0.15, -0.1) is 0 Å². The van der Waals surface area contributed by atoms with E-state index in [1.54, 1.807) is 19.3 Å². The van der Waals surface area contributed by atoms with Gasteiger partial charge in [0.25, 0.3) is 5.91 Å². The second kappa shape index (κ2) is 6.52. The van der Waals surface area contributed by atoms with Gasteiger partial charge in [-0.05, 0) is 53.5 Å². The van der Waals surface area contributed by atoms with E-state index in [0.717, 1.165) is 10.0 Å². The number of ether oxygens (including phenoxy) is 1. The van der Waals surface area contributed by atoms with Crippen molar-refractivity contribution in [3.63, 3.8) is 0 Å². The number of rotatable bonds is 4. The third kappa shape index (κ3) is 3.57. The Bertz CT molecular complexity index is 616. The lowest BCUT2D eigenvalue weighted by atomic mass is 10.2. The predicted octanol–water partition coefficient (Wildman–Crippen LogP) is 3.56. The molecule has 0 aliphatic carbocycles. The SMILES string of the molecule is Cc1ccncc1NC(=O)C(C)Oc1ccccc1Br. The molecule has 0 bridgehead atoms. The summed E-state index contributed by atoms with van der Waals surface area (Å²) in [5.74, 6) is 0.426. The molecule has 0 fully saturated rings. The third-order valence-corrected chi connectivity index (χ3v) is 3.46. The van der Waals surface area contributed by atoms with Crippen LogP contribution in [0.4, 0.5) is 5.69 Å². The Labute approximate surface area is 126 Å². The lowest BCUT2D eigenvalue weighted by Gasteiger charge is -2.16. The van der Waals surface area contributed by atoms with Crippen molar-refractivity contribution in [3.8, 4) is 5.75 Å². The fourth-order valence-corrected chi connectivity index (χ4v) is 1.99. The zero-order valence-corrected chi connectivity index (χ0v) is 12.8. The summed E-state index contributed by atoms with van der Waals surface area (Å²) in [5.41, 5.74) is 1.65. The number of carbonyl (C=O) groups is 1. The number of aryl methyl sites for hydroxylation is 1. The molecule has 104 valence electrons. The van der Waals surface area contributed by atoms with Crippen LogP contribution in [-0.4, -0.2) is 17.0 Å². The van der Waals surface area contributed by atoms with Gasteiger partial charge in [-0.25, -0.2) is 0 Å². The predicted molar refractivity (Wildman–Crippen MR) is 81.8 cm³/mol. The molecule has 0 saturated carbocycles. The summed E-state index contributed by atoms with van der Waals surface area (Å²) in [4.78, 5) is 16.1. The molecule has 0 aliphatic rings. The number of benzene rings is 1. The molecule has 1 aromatic carbocycles. The molecule has 1 atom stereocenters. The number of hydrogen-bond donors (Lipinski definition) is 1. The van der Waals surface area contributed by atoms with E-state index >= 15 is 0 Å². The van der Waals surface area contributed by atoms with Gasteiger partial charge in [0.15, 0.2) is 6.10 Å². The summed E-state index contributed by atoms with van der Waals surface area (Å²) in [6.45, 7) is 3.62. The molecule has 2 aromatic rings. The summed E-state index contributed by atoms with van der Waals surface area (Å²) in [6, 6.07) is 9.26. The second-order valence-electron chi connectivity index (χ2n) is 4.37. The highest BCUT2D eigenvalue weighted by molar-refractivity contribution is 9.10. The van der Waals surface area contributed by atoms with Gasteiger partial charge in [0.1, 0.15) is 5.75 Å². The first-order valence-electron chi connectivity index (χ1n) is 6.20. The molecular formula is C15H15BrN2O2. The maximum absolute atomic E-state index is 12.1. The Hall–Kier alpha value is -1.88. The molecule has 1 aromatic heterocycles. The number of aromatic nitrogens is 1. The summed E-state index contributed by atoms with van der Waals surface area (Å²) >= 11 is 3.39. The van der Waals surface area contributed by atoms with Gasteiger partial charge in [0.2, 0.25) is 0 Å². The van der Waals surface area contributed by atoms with Crippen LogP contribution in [-0.2, 0) is 4.79 Å². The number of para-hydroxylation sites is 1. The molecule has 1 amide bonds. The van der Waals surface area contributed by atoms with Crippen LogP contribution in [0.25, 0.3) is 0 Å². The fraction of sp³-hybridized carbons (Fsp3) is 0.200. The van der Waals surface area contributed by atoms with Crippen molar-refractivity contribution in [1.29, 1.82) is 0 Å². The van der Waals surface area contributed by atoms with Crippen molar-refractivity contribution in [2.75, 3.05) is 5.32 Å². The molecule has 0 spiro atoms. The zero-order valence-electron chi connectivity index (χ0n) is 11.3. The minimum absolute atomic E-state index is 0.211. The van der Waals surface area contributed by atoms with Crippen LogP contribution in [0.5, 0.6) is 5.75 Å². The molecule has 4 nitrogen and oxygen atoms in total. The highest BCUT2D eigenvalue weighted by Gasteiger charge is 2.16. The Morgan fingerprint density at radius 1 is 1.35 bits per heavy atom. The molecule has 1 heterocycles. The van der Waals surface area contributed by atoms with Gasteiger partial charge in [-0.2, -0.15) is 0 Å². The minimum Gasteiger partial charge on any atom is -0.480 e. The van der Waals surface area contributed by atoms with Crippen molar-refractivity contribution >= 4 is 27.5 Å². The number of anilines is 1. The zero-order chi connectivity index (χ0) is 14.5. The monoisotopic (exact) mass is 334 g/mol. The average Bonchev–Trinajstić information content (AvgIpc) is 2.43. The van der Waals surface area contributed by atoms with Crippen LogP contribution in [0, 0.1) is 6.92 Å². The Balaban J connectivity index is 2.03. The van der Waals surface area contributed by atoms with E-state index in [2.05, 4.69) is 26.2 Å². The first-order chi connectivity index (χ1) is 9.58. The lowest BCUT2D eigenvalue weighted by molar-refractivity contribution is -0.122. The van der Waals surface area contributed by atoms with Crippen LogP contribution in [0.1, 0.15) is 12.5 Å². The summed E-state index contributed by atoms with van der Waals surface area (Å²) in [5, 5.41) is 2.81. The average molecular weight is 335 g/mol. The number of nitrogens with zero attached hydrogens (tertiary/aromatic N) is 1. The maximum Gasteiger partial charge on any atom is 0.265 e. The van der Waals surface area contributed by atoms with Crippen molar-refractivity contribution < 1.29 is 9.53 Å². The van der Waals surface area contributed by atoms with Gasteiger partial charge >= 0.3 is 0 Å². The minimum atomic E-state index is -0.603. The van der Waals surface area contributed by atoms with Crippen LogP contribution >= 0.6 is 15.9 Å². The normalized spacial score (nSPS) is 11.8. The van der Waals surface area contributed by atoms with E-state index in [9.17, 15) is 4.79 Å². The Kier molecular flexibility index (Phi) is 4.74. The maximum atomic E-state index is 12.1. The van der Waals surface area contributed by atoms with Crippen LogP contribution in [0.2, 0.25) is 0 Å². The lowest BCUT2D eigenvalue weighted by Crippen LogP contribution is -2.30. The topological polar surface area (TPSA) is 51.2 Å². The standard InChI is InChI=1S/C15H15BrN2O2/c1-10-7-8-17-9-13(10)18-15(19)11(2)20-14-6-4-3-5-12(14)16/h3-9,11H,1-2H3,(H,18,19). The third-order valence-electron chi connectivity index (χ3n) is 2.81. The number of halogens is 1. The van der Waals surface area contributed by atoms with E-state index in [-0.39, 0.29) is 5.91 Å². The molecule has 1 N–H and O–H groups in total. The van der Waals surface area contributed by atoms with E-state index in [4.69, 9.17) is 4.74 Å². The molecule has 1 unspecified atom stereocenters. The van der Waals surface area contributed by atoms with E-state index in [1.807, 2.05) is 37.3 Å². The number of pyridine rings is 1. The van der Waals surface area contributed by atoms with Gasteiger partial charge in [-0.3, -0.25) is 9.78 Å². The Morgan fingerprint density at radius 3 is 2.80 bits per heavy atom. The molecule has 20 heavy (non-hydrogen) atoms. The van der Waals surface area contributed by atoms with E-state index in [0.29, 0.717) is 11.4 Å². The second-order valence-corrected chi connectivity index (χ2v) is 5.22. The quantitative estimate of drug-likeness (QED) is 0.929. The highest BCUT2D eigenvalue weighted by atomic mass is 79.9. The van der Waals surface area contributed by atoms with Gasteiger partial charge < -0.3 is 10.1 Å². The number of hydrogen-bond acceptors (Lipinski definition) is 3. The van der Waals surface area contributed by atoms with E-state index < -0.39 is 6.10 Å².